The van der Waals surface area contributed by atoms with Crippen LogP contribution in [0.15, 0.2) is 54.6 Å². The van der Waals surface area contributed by atoms with Crippen LogP contribution in [0, 0.1) is 0 Å². The number of ether oxygens (including phenoxy) is 1. The first-order valence-corrected chi connectivity index (χ1v) is 8.42. The molecule has 0 heterocycles. The Balaban J connectivity index is 1.83. The van der Waals surface area contributed by atoms with Crippen molar-refractivity contribution in [2.75, 3.05) is 18.0 Å². The van der Waals surface area contributed by atoms with E-state index in [1.807, 2.05) is 75.4 Å². The van der Waals surface area contributed by atoms with Crippen LogP contribution >= 0.6 is 0 Å². The third kappa shape index (κ3) is 5.39. The molecule has 0 aliphatic rings. The summed E-state index contributed by atoms with van der Waals surface area (Å²) in [5.41, 5.74) is 2.06. The van der Waals surface area contributed by atoms with Gasteiger partial charge in [-0.1, -0.05) is 30.3 Å². The highest BCUT2D eigenvalue weighted by molar-refractivity contribution is 5.94. The summed E-state index contributed by atoms with van der Waals surface area (Å²) in [6, 6.07) is 17.7. The van der Waals surface area contributed by atoms with Crippen molar-refractivity contribution in [3.63, 3.8) is 0 Å². The van der Waals surface area contributed by atoms with Crippen molar-refractivity contribution in [2.24, 2.45) is 0 Å². The maximum Gasteiger partial charge on any atom is 0.240 e. The molecule has 0 aliphatic heterocycles. The van der Waals surface area contributed by atoms with Crippen LogP contribution in [0.1, 0.15) is 26.3 Å². The van der Waals surface area contributed by atoms with Gasteiger partial charge in [0.2, 0.25) is 5.91 Å². The summed E-state index contributed by atoms with van der Waals surface area (Å²) < 4.78 is 5.63. The van der Waals surface area contributed by atoms with E-state index >= 15 is 0 Å². The Morgan fingerprint density at radius 1 is 1.08 bits per heavy atom. The van der Waals surface area contributed by atoms with E-state index in [1.165, 1.54) is 0 Å². The first kappa shape index (κ1) is 18.0. The molecule has 4 nitrogen and oxygen atoms in total. The SMILES string of the molecule is CCN(C(=O)CNCc1ccc(OC(C)C)cc1)c1ccccc1. The molecule has 0 aromatic heterocycles. The molecule has 24 heavy (non-hydrogen) atoms. The molecule has 0 bridgehead atoms. The van der Waals surface area contributed by atoms with Gasteiger partial charge in [-0.25, -0.2) is 0 Å². The molecule has 0 radical (unpaired) electrons. The van der Waals surface area contributed by atoms with E-state index in [2.05, 4.69) is 5.32 Å². The number of nitrogens with one attached hydrogen (secondary N) is 1. The molecule has 0 saturated heterocycles. The zero-order valence-electron chi connectivity index (χ0n) is 14.7. The summed E-state index contributed by atoms with van der Waals surface area (Å²) in [6.07, 6.45) is 0.171. The van der Waals surface area contributed by atoms with Gasteiger partial charge in [0.05, 0.1) is 12.6 Å². The lowest BCUT2D eigenvalue weighted by molar-refractivity contribution is -0.117. The molecule has 0 atom stereocenters. The van der Waals surface area contributed by atoms with E-state index in [9.17, 15) is 4.79 Å². The van der Waals surface area contributed by atoms with Gasteiger partial charge < -0.3 is 15.0 Å². The number of nitrogens with zero attached hydrogens (tertiary/aromatic N) is 1. The molecule has 1 amide bonds. The fraction of sp³-hybridized carbons (Fsp3) is 0.350. The van der Waals surface area contributed by atoms with Gasteiger partial charge in [-0.05, 0) is 50.6 Å². The fourth-order valence-electron chi connectivity index (χ4n) is 2.48. The predicted octanol–water partition coefficient (Wildman–Crippen LogP) is 3.62. The van der Waals surface area contributed by atoms with Crippen LogP contribution in [0.25, 0.3) is 0 Å². The van der Waals surface area contributed by atoms with E-state index in [0.717, 1.165) is 17.0 Å². The summed E-state index contributed by atoms with van der Waals surface area (Å²) in [5.74, 6) is 0.939. The third-order valence-corrected chi connectivity index (χ3v) is 3.59. The van der Waals surface area contributed by atoms with Crippen LogP contribution in [0.2, 0.25) is 0 Å². The summed E-state index contributed by atoms with van der Waals surface area (Å²) in [7, 11) is 0. The number of amides is 1. The molecule has 4 heteroatoms. The second-order valence-corrected chi connectivity index (χ2v) is 5.89. The third-order valence-electron chi connectivity index (χ3n) is 3.59. The van der Waals surface area contributed by atoms with Crippen molar-refractivity contribution < 1.29 is 9.53 Å². The Morgan fingerprint density at radius 3 is 2.33 bits per heavy atom. The zero-order chi connectivity index (χ0) is 17.4. The molecular formula is C20H26N2O2. The topological polar surface area (TPSA) is 41.6 Å². The number of carbonyl (C=O) groups is 1. The Hall–Kier alpha value is -2.33. The van der Waals surface area contributed by atoms with Gasteiger partial charge in [0.1, 0.15) is 5.75 Å². The van der Waals surface area contributed by atoms with Crippen LogP contribution in [0.3, 0.4) is 0 Å². The van der Waals surface area contributed by atoms with E-state index in [0.29, 0.717) is 19.6 Å². The van der Waals surface area contributed by atoms with Crippen molar-refractivity contribution in [3.05, 3.63) is 60.2 Å². The summed E-state index contributed by atoms with van der Waals surface area (Å²) in [4.78, 5) is 14.2. The molecule has 2 rings (SSSR count). The van der Waals surface area contributed by atoms with Gasteiger partial charge >= 0.3 is 0 Å². The van der Waals surface area contributed by atoms with Crippen LogP contribution in [0.4, 0.5) is 5.69 Å². The normalized spacial score (nSPS) is 10.7. The molecule has 1 N–H and O–H groups in total. The zero-order valence-corrected chi connectivity index (χ0v) is 14.7. The van der Waals surface area contributed by atoms with Crippen LogP contribution < -0.4 is 15.0 Å². The van der Waals surface area contributed by atoms with Crippen molar-refractivity contribution in [1.29, 1.82) is 0 Å². The Bertz CT molecular complexity index is 624. The first-order valence-electron chi connectivity index (χ1n) is 8.42. The van der Waals surface area contributed by atoms with E-state index < -0.39 is 0 Å². The minimum Gasteiger partial charge on any atom is -0.491 e. The first-order chi connectivity index (χ1) is 11.6. The molecule has 0 aliphatic carbocycles. The Labute approximate surface area is 144 Å². The van der Waals surface area contributed by atoms with E-state index in [4.69, 9.17) is 4.74 Å². The number of hydrogen-bond acceptors (Lipinski definition) is 3. The standard InChI is InChI=1S/C20H26N2O2/c1-4-22(18-8-6-5-7-9-18)20(23)15-21-14-17-10-12-19(13-11-17)24-16(2)3/h5-13,16,21H,4,14-15H2,1-3H3. The van der Waals surface area contributed by atoms with E-state index in [1.54, 1.807) is 4.90 Å². The second kappa shape index (κ2) is 9.08. The highest BCUT2D eigenvalue weighted by Crippen LogP contribution is 2.14. The Morgan fingerprint density at radius 2 is 1.75 bits per heavy atom. The molecule has 0 unspecified atom stereocenters. The Kier molecular flexibility index (Phi) is 6.82. The van der Waals surface area contributed by atoms with Gasteiger partial charge in [-0.3, -0.25) is 4.79 Å². The quantitative estimate of drug-likeness (QED) is 0.805. The maximum absolute atomic E-state index is 12.4. The van der Waals surface area contributed by atoms with Gasteiger partial charge in [0, 0.05) is 18.8 Å². The minimum atomic E-state index is 0.0726. The van der Waals surface area contributed by atoms with Gasteiger partial charge in [-0.15, -0.1) is 0 Å². The highest BCUT2D eigenvalue weighted by atomic mass is 16.5. The monoisotopic (exact) mass is 326 g/mol. The molecular weight excluding hydrogens is 300 g/mol. The lowest BCUT2D eigenvalue weighted by Crippen LogP contribution is -2.38. The molecule has 0 saturated carbocycles. The molecule has 0 spiro atoms. The van der Waals surface area contributed by atoms with Gasteiger partial charge in [0.15, 0.2) is 0 Å². The lowest BCUT2D eigenvalue weighted by Gasteiger charge is -2.21. The summed E-state index contributed by atoms with van der Waals surface area (Å²) >= 11 is 0. The number of carbonyl (C=O) groups excluding carboxylic acids is 1. The summed E-state index contributed by atoms with van der Waals surface area (Å²) in [6.45, 7) is 7.62. The van der Waals surface area contributed by atoms with Crippen molar-refractivity contribution in [1.82, 2.24) is 5.32 Å². The maximum atomic E-state index is 12.4. The average molecular weight is 326 g/mol. The minimum absolute atomic E-state index is 0.0726. The lowest BCUT2D eigenvalue weighted by atomic mass is 10.2. The number of likely N-dealkylation sites (N-methyl/N-ethyl adjacent to an activating group) is 1. The number of rotatable bonds is 8. The molecule has 2 aromatic rings. The molecule has 0 fully saturated rings. The van der Waals surface area contributed by atoms with Crippen molar-refractivity contribution >= 4 is 11.6 Å². The van der Waals surface area contributed by atoms with Crippen LogP contribution in [0.5, 0.6) is 5.75 Å². The number of para-hydroxylation sites is 1. The van der Waals surface area contributed by atoms with Gasteiger partial charge in [-0.2, -0.15) is 0 Å². The predicted molar refractivity (Wildman–Crippen MR) is 98.4 cm³/mol. The highest BCUT2D eigenvalue weighted by Gasteiger charge is 2.12. The van der Waals surface area contributed by atoms with Crippen LogP contribution in [-0.4, -0.2) is 25.1 Å². The largest absolute Gasteiger partial charge is 0.491 e. The number of benzene rings is 2. The fourth-order valence-corrected chi connectivity index (χ4v) is 2.48. The number of hydrogen-bond donors (Lipinski definition) is 1. The molecule has 2 aromatic carbocycles. The van der Waals surface area contributed by atoms with Crippen molar-refractivity contribution in [2.45, 2.75) is 33.4 Å². The summed E-state index contributed by atoms with van der Waals surface area (Å²) in [5, 5.41) is 3.21. The smallest absolute Gasteiger partial charge is 0.240 e. The second-order valence-electron chi connectivity index (χ2n) is 5.89. The van der Waals surface area contributed by atoms with Gasteiger partial charge in [0.25, 0.3) is 0 Å². The van der Waals surface area contributed by atoms with Crippen LogP contribution in [-0.2, 0) is 11.3 Å². The average Bonchev–Trinajstić information content (AvgIpc) is 2.58. The van der Waals surface area contributed by atoms with Crippen molar-refractivity contribution in [3.8, 4) is 5.75 Å². The number of anilines is 1. The van der Waals surface area contributed by atoms with E-state index in [-0.39, 0.29) is 12.0 Å². The molecule has 128 valence electrons.